The van der Waals surface area contributed by atoms with Crippen LogP contribution in [-0.4, -0.2) is 30.5 Å². The molecule has 1 atom stereocenters. The van der Waals surface area contributed by atoms with Crippen molar-refractivity contribution in [2.45, 2.75) is 20.0 Å². The first-order valence-corrected chi connectivity index (χ1v) is 6.39. The van der Waals surface area contributed by atoms with Crippen molar-refractivity contribution in [3.05, 3.63) is 24.3 Å². The lowest BCUT2D eigenvalue weighted by atomic mass is 10.3. The molecule has 0 aliphatic heterocycles. The minimum atomic E-state index is -0.678. The summed E-state index contributed by atoms with van der Waals surface area (Å²) in [5.74, 6) is -0.278. The molecule has 1 N–H and O–H groups in total. The molecule has 0 aromatic heterocycles. The summed E-state index contributed by atoms with van der Waals surface area (Å²) >= 11 is 5.38. The summed E-state index contributed by atoms with van der Waals surface area (Å²) < 4.78 is 10.2. The number of esters is 1. The molecular formula is C13H16ClNO4. The summed E-state index contributed by atoms with van der Waals surface area (Å²) in [6.45, 7) is 3.66. The molecule has 1 amide bonds. The van der Waals surface area contributed by atoms with Gasteiger partial charge in [0.2, 0.25) is 5.91 Å². The third kappa shape index (κ3) is 5.18. The molecule has 19 heavy (non-hydrogen) atoms. The van der Waals surface area contributed by atoms with Crippen LogP contribution in [0.4, 0.5) is 5.69 Å². The van der Waals surface area contributed by atoms with Crippen molar-refractivity contribution in [2.75, 3.05) is 17.8 Å². The number of nitrogens with one attached hydrogen (secondary N) is 1. The molecule has 1 aromatic carbocycles. The first-order chi connectivity index (χ1) is 9.06. The highest BCUT2D eigenvalue weighted by molar-refractivity contribution is 6.29. The second-order valence-corrected chi connectivity index (χ2v) is 3.99. The summed E-state index contributed by atoms with van der Waals surface area (Å²) in [5, 5.41) is 2.60. The van der Waals surface area contributed by atoms with Crippen molar-refractivity contribution in [1.29, 1.82) is 0 Å². The molecule has 0 bridgehead atoms. The quantitative estimate of drug-likeness (QED) is 0.643. The Morgan fingerprint density at radius 1 is 1.32 bits per heavy atom. The van der Waals surface area contributed by atoms with Gasteiger partial charge in [-0.2, -0.15) is 0 Å². The van der Waals surface area contributed by atoms with Crippen molar-refractivity contribution < 1.29 is 19.1 Å². The largest absolute Gasteiger partial charge is 0.479 e. The molecule has 0 heterocycles. The molecule has 1 unspecified atom stereocenters. The highest BCUT2D eigenvalue weighted by Gasteiger charge is 2.15. The number of anilines is 1. The van der Waals surface area contributed by atoms with Gasteiger partial charge >= 0.3 is 5.97 Å². The van der Waals surface area contributed by atoms with Gasteiger partial charge in [-0.15, -0.1) is 11.6 Å². The fourth-order valence-electron chi connectivity index (χ4n) is 1.32. The molecule has 0 aliphatic carbocycles. The lowest BCUT2D eigenvalue weighted by molar-refractivity contribution is -0.150. The smallest absolute Gasteiger partial charge is 0.347 e. The number of ether oxygens (including phenoxy) is 2. The Balaban J connectivity index is 2.56. The topological polar surface area (TPSA) is 64.6 Å². The summed E-state index contributed by atoms with van der Waals surface area (Å²) in [6.07, 6.45) is -0.678. The Bertz CT molecular complexity index is 433. The van der Waals surface area contributed by atoms with E-state index in [1.54, 1.807) is 38.1 Å². The Morgan fingerprint density at radius 3 is 2.47 bits per heavy atom. The van der Waals surface area contributed by atoms with E-state index in [1.165, 1.54) is 0 Å². The Kier molecular flexibility index (Phi) is 6.15. The van der Waals surface area contributed by atoms with Crippen LogP contribution in [-0.2, 0) is 14.3 Å². The lowest BCUT2D eigenvalue weighted by Gasteiger charge is -2.13. The van der Waals surface area contributed by atoms with E-state index in [4.69, 9.17) is 21.1 Å². The van der Waals surface area contributed by atoms with Crippen LogP contribution in [0, 0.1) is 0 Å². The molecule has 0 radical (unpaired) electrons. The first kappa shape index (κ1) is 15.3. The molecular weight excluding hydrogens is 270 g/mol. The second kappa shape index (κ2) is 7.63. The zero-order chi connectivity index (χ0) is 14.3. The van der Waals surface area contributed by atoms with Crippen LogP contribution in [0.2, 0.25) is 0 Å². The van der Waals surface area contributed by atoms with Crippen LogP contribution < -0.4 is 10.1 Å². The van der Waals surface area contributed by atoms with Crippen molar-refractivity contribution >= 4 is 29.2 Å². The van der Waals surface area contributed by atoms with E-state index in [2.05, 4.69) is 5.32 Å². The SMILES string of the molecule is CCOC(=O)C(C)Oc1ccc(NC(=O)CCl)cc1. The predicted molar refractivity (Wildman–Crippen MR) is 72.5 cm³/mol. The number of halogens is 1. The molecule has 0 saturated carbocycles. The first-order valence-electron chi connectivity index (χ1n) is 5.86. The minimum Gasteiger partial charge on any atom is -0.479 e. The van der Waals surface area contributed by atoms with E-state index >= 15 is 0 Å². The van der Waals surface area contributed by atoms with Gasteiger partial charge in [0.1, 0.15) is 11.6 Å². The van der Waals surface area contributed by atoms with Crippen molar-refractivity contribution in [1.82, 2.24) is 0 Å². The Hall–Kier alpha value is -1.75. The molecule has 0 spiro atoms. The van der Waals surface area contributed by atoms with Crippen molar-refractivity contribution in [2.24, 2.45) is 0 Å². The number of carbonyl (C=O) groups excluding carboxylic acids is 2. The summed E-state index contributed by atoms with van der Waals surface area (Å²) in [7, 11) is 0. The third-order valence-electron chi connectivity index (χ3n) is 2.19. The van der Waals surface area contributed by atoms with Gasteiger partial charge in [-0.1, -0.05) is 0 Å². The van der Waals surface area contributed by atoms with Crippen molar-refractivity contribution in [3.63, 3.8) is 0 Å². The maximum Gasteiger partial charge on any atom is 0.347 e. The van der Waals surface area contributed by atoms with Gasteiger partial charge in [0.15, 0.2) is 6.10 Å². The van der Waals surface area contributed by atoms with E-state index in [9.17, 15) is 9.59 Å². The molecule has 5 nitrogen and oxygen atoms in total. The highest BCUT2D eigenvalue weighted by atomic mass is 35.5. The Morgan fingerprint density at radius 2 is 1.95 bits per heavy atom. The van der Waals surface area contributed by atoms with Gasteiger partial charge in [-0.3, -0.25) is 4.79 Å². The van der Waals surface area contributed by atoms with Gasteiger partial charge in [0, 0.05) is 5.69 Å². The van der Waals surface area contributed by atoms with Crippen LogP contribution in [0.5, 0.6) is 5.75 Å². The van der Waals surface area contributed by atoms with Crippen LogP contribution in [0.15, 0.2) is 24.3 Å². The van der Waals surface area contributed by atoms with Crippen LogP contribution in [0.25, 0.3) is 0 Å². The highest BCUT2D eigenvalue weighted by Crippen LogP contribution is 2.17. The second-order valence-electron chi connectivity index (χ2n) is 3.72. The van der Waals surface area contributed by atoms with E-state index < -0.39 is 12.1 Å². The van der Waals surface area contributed by atoms with Gasteiger partial charge in [0.25, 0.3) is 0 Å². The van der Waals surface area contributed by atoms with E-state index in [1.807, 2.05) is 0 Å². The average molecular weight is 286 g/mol. The van der Waals surface area contributed by atoms with E-state index in [0.29, 0.717) is 18.0 Å². The molecule has 104 valence electrons. The predicted octanol–water partition coefficient (Wildman–Crippen LogP) is 2.19. The number of carbonyl (C=O) groups is 2. The fourth-order valence-corrected chi connectivity index (χ4v) is 1.39. The van der Waals surface area contributed by atoms with Gasteiger partial charge < -0.3 is 14.8 Å². The number of hydrogen-bond acceptors (Lipinski definition) is 4. The number of benzene rings is 1. The van der Waals surface area contributed by atoms with Gasteiger partial charge in [-0.25, -0.2) is 4.79 Å². The molecule has 1 rings (SSSR count). The van der Waals surface area contributed by atoms with Crippen LogP contribution in [0.3, 0.4) is 0 Å². The zero-order valence-corrected chi connectivity index (χ0v) is 11.6. The zero-order valence-electron chi connectivity index (χ0n) is 10.8. The number of alkyl halides is 1. The fraction of sp³-hybridized carbons (Fsp3) is 0.385. The number of rotatable bonds is 6. The maximum absolute atomic E-state index is 11.4. The minimum absolute atomic E-state index is 0.0991. The van der Waals surface area contributed by atoms with Gasteiger partial charge in [-0.05, 0) is 38.1 Å². The summed E-state index contributed by atoms with van der Waals surface area (Å²) in [5.41, 5.74) is 0.613. The molecule has 0 aliphatic rings. The number of amides is 1. The maximum atomic E-state index is 11.4. The standard InChI is InChI=1S/C13H16ClNO4/c1-3-18-13(17)9(2)19-11-6-4-10(5-7-11)15-12(16)8-14/h4-7,9H,3,8H2,1-2H3,(H,15,16). The molecule has 0 fully saturated rings. The summed E-state index contributed by atoms with van der Waals surface area (Å²) in [6, 6.07) is 6.63. The lowest BCUT2D eigenvalue weighted by Crippen LogP contribution is -2.26. The van der Waals surface area contributed by atoms with E-state index in [-0.39, 0.29) is 11.8 Å². The molecule has 6 heteroatoms. The third-order valence-corrected chi connectivity index (χ3v) is 2.43. The van der Waals surface area contributed by atoms with Crippen LogP contribution in [0.1, 0.15) is 13.8 Å². The van der Waals surface area contributed by atoms with E-state index in [0.717, 1.165) is 0 Å². The summed E-state index contributed by atoms with van der Waals surface area (Å²) in [4.78, 5) is 22.4. The Labute approximate surface area is 116 Å². The number of hydrogen-bond donors (Lipinski definition) is 1. The van der Waals surface area contributed by atoms with Gasteiger partial charge in [0.05, 0.1) is 6.61 Å². The van der Waals surface area contributed by atoms with Crippen molar-refractivity contribution in [3.8, 4) is 5.75 Å². The van der Waals surface area contributed by atoms with Crippen LogP contribution >= 0.6 is 11.6 Å². The monoisotopic (exact) mass is 285 g/mol. The molecule has 1 aromatic rings. The normalized spacial score (nSPS) is 11.5. The molecule has 0 saturated heterocycles. The average Bonchev–Trinajstić information content (AvgIpc) is 2.41.